The zero-order valence-electron chi connectivity index (χ0n) is 13.2. The van der Waals surface area contributed by atoms with Crippen LogP contribution >= 0.6 is 0 Å². The van der Waals surface area contributed by atoms with Crippen LogP contribution in [-0.4, -0.2) is 23.0 Å². The van der Waals surface area contributed by atoms with Crippen LogP contribution < -0.4 is 4.90 Å². The van der Waals surface area contributed by atoms with Crippen molar-refractivity contribution in [2.45, 2.75) is 39.8 Å². The van der Waals surface area contributed by atoms with Crippen LogP contribution in [0.1, 0.15) is 25.0 Å². The second-order valence-corrected chi connectivity index (χ2v) is 5.98. The molecular weight excluding hydrogens is 256 g/mol. The molecule has 0 radical (unpaired) electrons. The molecule has 0 aliphatic carbocycles. The highest BCUT2D eigenvalue weighted by Gasteiger charge is 2.38. The Balaban J connectivity index is 2.06. The SMILES string of the molecule is Cc1ccccc1N1C=[N+](c2ccccc2C)[C@H](C)C1C. The summed E-state index contributed by atoms with van der Waals surface area (Å²) in [5, 5.41) is 0. The molecule has 0 bridgehead atoms. The number of hydrogen-bond acceptors (Lipinski definition) is 1. The van der Waals surface area contributed by atoms with Gasteiger partial charge in [-0.05, 0) is 51.0 Å². The van der Waals surface area contributed by atoms with E-state index in [-0.39, 0.29) is 0 Å². The van der Waals surface area contributed by atoms with E-state index in [1.807, 2.05) is 0 Å². The summed E-state index contributed by atoms with van der Waals surface area (Å²) in [6, 6.07) is 18.1. The predicted octanol–water partition coefficient (Wildman–Crippen LogP) is 4.27. The third-order valence-corrected chi connectivity index (χ3v) is 4.61. The zero-order chi connectivity index (χ0) is 15.0. The van der Waals surface area contributed by atoms with E-state index in [2.05, 4.69) is 92.0 Å². The third kappa shape index (κ3) is 2.35. The molecule has 1 aliphatic rings. The van der Waals surface area contributed by atoms with Gasteiger partial charge in [-0.25, -0.2) is 9.48 Å². The lowest BCUT2D eigenvalue weighted by atomic mass is 10.1. The standard InChI is InChI=1S/C19H23N2/c1-14-9-5-7-11-18(14)20-13-21(17(4)16(20)3)19-12-8-6-10-15(19)2/h5-13,16-17H,1-4H3/q+1/t16-,17?/m1/s1. The van der Waals surface area contributed by atoms with Gasteiger partial charge in [-0.15, -0.1) is 0 Å². The maximum atomic E-state index is 2.40. The molecule has 0 saturated heterocycles. The Kier molecular flexibility index (Phi) is 3.54. The molecule has 0 amide bonds. The summed E-state index contributed by atoms with van der Waals surface area (Å²) in [5.41, 5.74) is 5.24. The van der Waals surface area contributed by atoms with Crippen molar-refractivity contribution in [3.05, 3.63) is 59.7 Å². The molecule has 2 aromatic rings. The Bertz CT molecular complexity index is 687. The zero-order valence-corrected chi connectivity index (χ0v) is 13.2. The number of hydrogen-bond donors (Lipinski definition) is 0. The molecular formula is C19H23N2+. The minimum atomic E-state index is 0.450. The average molecular weight is 279 g/mol. The van der Waals surface area contributed by atoms with Gasteiger partial charge in [0.1, 0.15) is 23.5 Å². The maximum Gasteiger partial charge on any atom is 0.245 e. The molecule has 2 nitrogen and oxygen atoms in total. The fourth-order valence-electron chi connectivity index (χ4n) is 3.08. The Morgan fingerprint density at radius 3 is 2.14 bits per heavy atom. The van der Waals surface area contributed by atoms with Crippen LogP contribution in [0, 0.1) is 13.8 Å². The highest BCUT2D eigenvalue weighted by atomic mass is 15.3. The van der Waals surface area contributed by atoms with E-state index in [1.54, 1.807) is 0 Å². The second-order valence-electron chi connectivity index (χ2n) is 5.98. The van der Waals surface area contributed by atoms with Crippen molar-refractivity contribution in [3.63, 3.8) is 0 Å². The number of rotatable bonds is 2. The lowest BCUT2D eigenvalue weighted by molar-refractivity contribution is -0.468. The van der Waals surface area contributed by atoms with E-state index in [0.29, 0.717) is 12.1 Å². The Hall–Kier alpha value is -2.09. The predicted molar refractivity (Wildman–Crippen MR) is 89.7 cm³/mol. The molecule has 0 fully saturated rings. The van der Waals surface area contributed by atoms with E-state index < -0.39 is 0 Å². The summed E-state index contributed by atoms with van der Waals surface area (Å²) < 4.78 is 2.40. The van der Waals surface area contributed by atoms with Crippen molar-refractivity contribution in [2.75, 3.05) is 4.90 Å². The van der Waals surface area contributed by atoms with Crippen molar-refractivity contribution in [2.24, 2.45) is 0 Å². The molecule has 3 rings (SSSR count). The van der Waals surface area contributed by atoms with Gasteiger partial charge in [0, 0.05) is 0 Å². The number of aryl methyl sites for hydroxylation is 2. The van der Waals surface area contributed by atoms with Gasteiger partial charge in [0.25, 0.3) is 0 Å². The lowest BCUT2D eigenvalue weighted by Gasteiger charge is -2.18. The Morgan fingerprint density at radius 2 is 1.48 bits per heavy atom. The van der Waals surface area contributed by atoms with Gasteiger partial charge in [0.2, 0.25) is 6.34 Å². The van der Waals surface area contributed by atoms with Crippen molar-refractivity contribution in [1.82, 2.24) is 0 Å². The van der Waals surface area contributed by atoms with Crippen LogP contribution in [0.4, 0.5) is 11.4 Å². The Labute approximate surface area is 127 Å². The molecule has 1 unspecified atom stereocenters. The van der Waals surface area contributed by atoms with Crippen LogP contribution in [0.15, 0.2) is 48.5 Å². The van der Waals surface area contributed by atoms with Crippen LogP contribution in [0.25, 0.3) is 0 Å². The number of benzene rings is 2. The van der Waals surface area contributed by atoms with E-state index in [0.717, 1.165) is 0 Å². The topological polar surface area (TPSA) is 6.25 Å². The monoisotopic (exact) mass is 279 g/mol. The molecule has 21 heavy (non-hydrogen) atoms. The minimum Gasteiger partial charge on any atom is -0.227 e. The van der Waals surface area contributed by atoms with Crippen molar-refractivity contribution < 1.29 is 4.58 Å². The summed E-state index contributed by atoms with van der Waals surface area (Å²) in [4.78, 5) is 2.40. The molecule has 0 saturated carbocycles. The van der Waals surface area contributed by atoms with Gasteiger partial charge in [0.05, 0.1) is 0 Å². The van der Waals surface area contributed by atoms with Gasteiger partial charge in [-0.2, -0.15) is 0 Å². The molecule has 108 valence electrons. The van der Waals surface area contributed by atoms with Gasteiger partial charge < -0.3 is 0 Å². The molecule has 1 aliphatic heterocycles. The quantitative estimate of drug-likeness (QED) is 0.744. The fourth-order valence-corrected chi connectivity index (χ4v) is 3.08. The Morgan fingerprint density at radius 1 is 0.857 bits per heavy atom. The van der Waals surface area contributed by atoms with Gasteiger partial charge >= 0.3 is 0 Å². The van der Waals surface area contributed by atoms with Crippen molar-refractivity contribution in [1.29, 1.82) is 0 Å². The minimum absolute atomic E-state index is 0.450. The van der Waals surface area contributed by atoms with E-state index in [1.165, 1.54) is 22.5 Å². The molecule has 2 aromatic carbocycles. The normalized spacial score (nSPS) is 21.5. The molecule has 2 atom stereocenters. The van der Waals surface area contributed by atoms with Gasteiger partial charge in [-0.1, -0.05) is 36.4 Å². The highest BCUT2D eigenvalue weighted by Crippen LogP contribution is 2.30. The van der Waals surface area contributed by atoms with Crippen LogP contribution in [0.3, 0.4) is 0 Å². The van der Waals surface area contributed by atoms with Crippen LogP contribution in [0.2, 0.25) is 0 Å². The molecule has 0 N–H and O–H groups in total. The maximum absolute atomic E-state index is 2.40. The summed E-state index contributed by atoms with van der Waals surface area (Å²) >= 11 is 0. The molecule has 0 aromatic heterocycles. The second kappa shape index (κ2) is 5.36. The molecule has 0 spiro atoms. The summed E-state index contributed by atoms with van der Waals surface area (Å²) in [6.07, 6.45) is 2.26. The first kappa shape index (κ1) is 13.9. The third-order valence-electron chi connectivity index (χ3n) is 4.61. The summed E-state index contributed by atoms with van der Waals surface area (Å²) in [5.74, 6) is 0. The first-order chi connectivity index (χ1) is 10.1. The summed E-state index contributed by atoms with van der Waals surface area (Å²) in [6.45, 7) is 8.95. The van der Waals surface area contributed by atoms with Crippen molar-refractivity contribution >= 4 is 17.7 Å². The van der Waals surface area contributed by atoms with E-state index in [9.17, 15) is 0 Å². The van der Waals surface area contributed by atoms with Gasteiger partial charge in [-0.3, -0.25) is 0 Å². The number of nitrogens with zero attached hydrogens (tertiary/aromatic N) is 2. The van der Waals surface area contributed by atoms with E-state index >= 15 is 0 Å². The first-order valence-electron chi connectivity index (χ1n) is 7.62. The molecule has 1 heterocycles. The highest BCUT2D eigenvalue weighted by molar-refractivity contribution is 5.81. The summed E-state index contributed by atoms with van der Waals surface area (Å²) in [7, 11) is 0. The lowest BCUT2D eigenvalue weighted by Crippen LogP contribution is -2.34. The average Bonchev–Trinajstić information content (AvgIpc) is 2.77. The van der Waals surface area contributed by atoms with Crippen LogP contribution in [0.5, 0.6) is 0 Å². The van der Waals surface area contributed by atoms with Crippen molar-refractivity contribution in [3.8, 4) is 0 Å². The first-order valence-corrected chi connectivity index (χ1v) is 7.62. The number of para-hydroxylation sites is 2. The number of anilines is 1. The van der Waals surface area contributed by atoms with Gasteiger partial charge in [0.15, 0.2) is 0 Å². The fraction of sp³-hybridized carbons (Fsp3) is 0.316. The molecule has 2 heteroatoms. The smallest absolute Gasteiger partial charge is 0.227 e. The van der Waals surface area contributed by atoms with E-state index in [4.69, 9.17) is 0 Å². The largest absolute Gasteiger partial charge is 0.245 e. The van der Waals surface area contributed by atoms with Crippen LogP contribution in [-0.2, 0) is 0 Å².